The molecule has 108 valence electrons. The second kappa shape index (κ2) is 9.18. The van der Waals surface area contributed by atoms with E-state index >= 15 is 0 Å². The highest BCUT2D eigenvalue weighted by molar-refractivity contribution is 5.76. The minimum absolute atomic E-state index is 0.0920. The Kier molecular flexibility index (Phi) is 9.97. The number of hydrogen-bond acceptors (Lipinski definition) is 2. The molecule has 2 heteroatoms. The van der Waals surface area contributed by atoms with Crippen LogP contribution in [0.5, 0.6) is 0 Å². The third-order valence-corrected chi connectivity index (χ3v) is 3.42. The largest absolute Gasteiger partial charge is 0.461 e. The first-order valence-corrected chi connectivity index (χ1v) is 6.93. The van der Waals surface area contributed by atoms with E-state index in [2.05, 4.69) is 20.4 Å². The van der Waals surface area contributed by atoms with Crippen molar-refractivity contribution in [2.45, 2.75) is 67.7 Å². The highest BCUT2D eigenvalue weighted by Gasteiger charge is 2.40. The van der Waals surface area contributed by atoms with E-state index in [0.717, 1.165) is 0 Å². The van der Waals surface area contributed by atoms with Crippen molar-refractivity contribution in [3.63, 3.8) is 0 Å². The van der Waals surface area contributed by atoms with Crippen molar-refractivity contribution in [2.24, 2.45) is 10.8 Å². The molecule has 0 aliphatic carbocycles. The summed E-state index contributed by atoms with van der Waals surface area (Å²) in [6, 6.07) is 0. The molecular formula is C16H32O2. The van der Waals surface area contributed by atoms with Crippen LogP contribution in [0, 0.1) is 10.8 Å². The molecule has 0 unspecified atom stereocenters. The van der Waals surface area contributed by atoms with Gasteiger partial charge in [0.15, 0.2) is 0 Å². The van der Waals surface area contributed by atoms with Gasteiger partial charge in [-0.1, -0.05) is 66.5 Å². The Labute approximate surface area is 114 Å². The minimum atomic E-state index is -0.462. The van der Waals surface area contributed by atoms with Crippen molar-refractivity contribution in [3.05, 3.63) is 12.7 Å². The van der Waals surface area contributed by atoms with Crippen molar-refractivity contribution in [1.29, 1.82) is 0 Å². The molecule has 0 atom stereocenters. The Morgan fingerprint density at radius 3 is 1.78 bits per heavy atom. The Balaban J connectivity index is 0. The van der Waals surface area contributed by atoms with Crippen LogP contribution in [-0.2, 0) is 9.53 Å². The van der Waals surface area contributed by atoms with Crippen molar-refractivity contribution in [2.75, 3.05) is 6.61 Å². The van der Waals surface area contributed by atoms with Gasteiger partial charge in [-0.15, -0.1) is 0 Å². The lowest BCUT2D eigenvalue weighted by molar-refractivity contribution is -0.158. The summed E-state index contributed by atoms with van der Waals surface area (Å²) in [5.41, 5.74) is -0.554. The van der Waals surface area contributed by atoms with Crippen LogP contribution in [0.4, 0.5) is 0 Å². The third-order valence-electron chi connectivity index (χ3n) is 3.42. The van der Waals surface area contributed by atoms with Gasteiger partial charge >= 0.3 is 5.97 Å². The number of unbranched alkanes of at least 4 members (excludes halogenated alkanes) is 2. The molecule has 0 amide bonds. The average Bonchev–Trinajstić information content (AvgIpc) is 2.26. The van der Waals surface area contributed by atoms with Gasteiger partial charge in [-0.05, 0) is 19.3 Å². The van der Waals surface area contributed by atoms with E-state index in [1.165, 1.54) is 19.3 Å². The van der Waals surface area contributed by atoms with E-state index in [1.54, 1.807) is 6.08 Å². The highest BCUT2D eigenvalue weighted by Crippen LogP contribution is 2.38. The van der Waals surface area contributed by atoms with Crippen molar-refractivity contribution in [1.82, 2.24) is 0 Å². The molecule has 0 heterocycles. The summed E-state index contributed by atoms with van der Waals surface area (Å²) < 4.78 is 5.03. The van der Waals surface area contributed by atoms with Gasteiger partial charge in [-0.3, -0.25) is 4.79 Å². The fourth-order valence-electron chi connectivity index (χ4n) is 0.975. The molecule has 18 heavy (non-hydrogen) atoms. The Morgan fingerprint density at radius 1 is 1.11 bits per heavy atom. The monoisotopic (exact) mass is 256 g/mol. The van der Waals surface area contributed by atoms with Crippen molar-refractivity contribution < 1.29 is 9.53 Å². The first kappa shape index (κ1) is 19.5. The molecule has 0 N–H and O–H groups in total. The van der Waals surface area contributed by atoms with E-state index in [9.17, 15) is 4.79 Å². The van der Waals surface area contributed by atoms with Crippen molar-refractivity contribution in [3.8, 4) is 0 Å². The maximum absolute atomic E-state index is 11.6. The lowest BCUT2D eigenvalue weighted by Gasteiger charge is -2.35. The number of carbonyl (C=O) groups excluding carboxylic acids is 1. The molecule has 0 radical (unpaired) electrons. The summed E-state index contributed by atoms with van der Waals surface area (Å²) in [6.07, 6.45) is 5.66. The zero-order chi connectivity index (χ0) is 14.8. The summed E-state index contributed by atoms with van der Waals surface area (Å²) in [6.45, 7) is 18.1. The van der Waals surface area contributed by atoms with E-state index in [1.807, 2.05) is 34.6 Å². The van der Waals surface area contributed by atoms with E-state index in [-0.39, 0.29) is 11.4 Å². The molecule has 0 bridgehead atoms. The fourth-order valence-corrected chi connectivity index (χ4v) is 0.975. The van der Waals surface area contributed by atoms with E-state index in [0.29, 0.717) is 6.61 Å². The SMILES string of the molecule is C=CCOC(=O)C(C)(C)C(C)(C)C.CCCCC. The maximum Gasteiger partial charge on any atom is 0.312 e. The molecule has 2 nitrogen and oxygen atoms in total. The lowest BCUT2D eigenvalue weighted by Crippen LogP contribution is -2.38. The second-order valence-corrected chi connectivity index (χ2v) is 6.12. The van der Waals surface area contributed by atoms with Crippen LogP contribution in [-0.4, -0.2) is 12.6 Å². The standard InChI is InChI=1S/C11H20O2.C5H12/c1-7-8-13-9(12)11(5,6)10(2,3)4;1-3-5-4-2/h7H,1,8H2,2-6H3;3-5H2,1-2H3. The molecule has 0 saturated carbocycles. The summed E-state index contributed by atoms with van der Waals surface area (Å²) in [4.78, 5) is 11.6. The van der Waals surface area contributed by atoms with Crippen molar-refractivity contribution >= 4 is 5.97 Å². The number of hydrogen-bond donors (Lipinski definition) is 0. The predicted octanol–water partition coefficient (Wildman–Crippen LogP) is 4.98. The summed E-state index contributed by atoms with van der Waals surface area (Å²) >= 11 is 0. The molecule has 0 aromatic rings. The first-order chi connectivity index (χ1) is 8.15. The molecule has 0 aromatic carbocycles. The third kappa shape index (κ3) is 7.52. The predicted molar refractivity (Wildman–Crippen MR) is 79.6 cm³/mol. The van der Waals surface area contributed by atoms with Crippen LogP contribution < -0.4 is 0 Å². The number of carbonyl (C=O) groups is 1. The van der Waals surface area contributed by atoms with Crippen LogP contribution in [0.1, 0.15) is 67.7 Å². The molecule has 0 saturated heterocycles. The molecule has 0 aliphatic heterocycles. The highest BCUT2D eigenvalue weighted by atomic mass is 16.5. The normalized spacial score (nSPS) is 11.3. The number of rotatable bonds is 5. The quantitative estimate of drug-likeness (QED) is 0.512. The minimum Gasteiger partial charge on any atom is -0.461 e. The van der Waals surface area contributed by atoms with Gasteiger partial charge in [0.2, 0.25) is 0 Å². The Hall–Kier alpha value is -0.790. The Morgan fingerprint density at radius 2 is 1.56 bits per heavy atom. The van der Waals surface area contributed by atoms with Crippen LogP contribution >= 0.6 is 0 Å². The van der Waals surface area contributed by atoms with Gasteiger partial charge in [-0.25, -0.2) is 0 Å². The smallest absolute Gasteiger partial charge is 0.312 e. The molecule has 0 aromatic heterocycles. The molecule has 0 rings (SSSR count). The van der Waals surface area contributed by atoms with Crippen LogP contribution in [0.2, 0.25) is 0 Å². The van der Waals surface area contributed by atoms with Gasteiger partial charge in [-0.2, -0.15) is 0 Å². The number of ether oxygens (including phenoxy) is 1. The topological polar surface area (TPSA) is 26.3 Å². The maximum atomic E-state index is 11.6. The van der Waals surface area contributed by atoms with E-state index in [4.69, 9.17) is 4.74 Å². The van der Waals surface area contributed by atoms with E-state index < -0.39 is 5.41 Å². The van der Waals surface area contributed by atoms with Gasteiger partial charge in [0.25, 0.3) is 0 Å². The summed E-state index contributed by atoms with van der Waals surface area (Å²) in [5.74, 6) is -0.167. The molecular weight excluding hydrogens is 224 g/mol. The molecule has 0 fully saturated rings. The molecule has 0 aliphatic rings. The van der Waals surface area contributed by atoms with Crippen LogP contribution in [0.25, 0.3) is 0 Å². The zero-order valence-electron chi connectivity index (χ0n) is 13.4. The first-order valence-electron chi connectivity index (χ1n) is 6.93. The molecule has 0 spiro atoms. The fraction of sp³-hybridized carbons (Fsp3) is 0.812. The summed E-state index contributed by atoms with van der Waals surface area (Å²) in [5, 5.41) is 0. The number of esters is 1. The second-order valence-electron chi connectivity index (χ2n) is 6.12. The van der Waals surface area contributed by atoms with Gasteiger partial charge < -0.3 is 4.74 Å². The van der Waals surface area contributed by atoms with Crippen LogP contribution in [0.15, 0.2) is 12.7 Å². The lowest BCUT2D eigenvalue weighted by atomic mass is 9.69. The average molecular weight is 256 g/mol. The van der Waals surface area contributed by atoms with Gasteiger partial charge in [0, 0.05) is 0 Å². The summed E-state index contributed by atoms with van der Waals surface area (Å²) in [7, 11) is 0. The zero-order valence-corrected chi connectivity index (χ0v) is 13.4. The van der Waals surface area contributed by atoms with Gasteiger partial charge in [0.05, 0.1) is 5.41 Å². The Bertz CT molecular complexity index is 232. The van der Waals surface area contributed by atoms with Gasteiger partial charge in [0.1, 0.15) is 6.61 Å². The van der Waals surface area contributed by atoms with Crippen LogP contribution in [0.3, 0.4) is 0 Å².